The van der Waals surface area contributed by atoms with E-state index in [4.69, 9.17) is 4.74 Å². The van der Waals surface area contributed by atoms with Crippen LogP contribution in [0, 0.1) is 0 Å². The van der Waals surface area contributed by atoms with E-state index in [0.29, 0.717) is 12.5 Å². The summed E-state index contributed by atoms with van der Waals surface area (Å²) in [7, 11) is 0. The van der Waals surface area contributed by atoms with Gasteiger partial charge in [0.05, 0.1) is 0 Å². The van der Waals surface area contributed by atoms with Crippen LogP contribution >= 0.6 is 15.9 Å². The summed E-state index contributed by atoms with van der Waals surface area (Å²) in [4.78, 5) is 12.0. The third-order valence-corrected chi connectivity index (χ3v) is 4.60. The molecule has 1 atom stereocenters. The summed E-state index contributed by atoms with van der Waals surface area (Å²) >= 11 is 3.55. The van der Waals surface area contributed by atoms with Crippen LogP contribution in [-0.4, -0.2) is 18.4 Å². The highest BCUT2D eigenvalue weighted by Crippen LogP contribution is 2.44. The monoisotopic (exact) mass is 373 g/mol. The van der Waals surface area contributed by atoms with Gasteiger partial charge in [-0.05, 0) is 67.2 Å². The largest absolute Gasteiger partial charge is 0.444 e. The summed E-state index contributed by atoms with van der Waals surface area (Å²) in [6.45, 7) is 8.56. The highest BCUT2D eigenvalue weighted by atomic mass is 79.9. The topological polar surface area (TPSA) is 38.3 Å². The van der Waals surface area contributed by atoms with Gasteiger partial charge in [0.1, 0.15) is 12.3 Å². The van der Waals surface area contributed by atoms with Gasteiger partial charge in [-0.3, -0.25) is 5.32 Å². The minimum Gasteiger partial charge on any atom is -0.444 e. The first kappa shape index (κ1) is 16.4. The van der Waals surface area contributed by atoms with Crippen molar-refractivity contribution in [3.8, 4) is 0 Å². The van der Waals surface area contributed by atoms with Gasteiger partial charge in [-0.2, -0.15) is 0 Å². The van der Waals surface area contributed by atoms with Gasteiger partial charge in [-0.1, -0.05) is 35.1 Å². The van der Waals surface area contributed by atoms with Crippen molar-refractivity contribution >= 4 is 45.2 Å². The van der Waals surface area contributed by atoms with E-state index in [9.17, 15) is 4.79 Å². The van der Waals surface area contributed by atoms with Gasteiger partial charge < -0.3 is 4.74 Å². The zero-order valence-corrected chi connectivity index (χ0v) is 15.5. The average molecular weight is 374 g/mol. The Balaban J connectivity index is 1.96. The predicted molar refractivity (Wildman–Crippen MR) is 101 cm³/mol. The van der Waals surface area contributed by atoms with Gasteiger partial charge in [0.25, 0.3) is 0 Å². The van der Waals surface area contributed by atoms with E-state index >= 15 is 0 Å². The van der Waals surface area contributed by atoms with E-state index < -0.39 is 11.7 Å². The van der Waals surface area contributed by atoms with Crippen molar-refractivity contribution in [2.24, 2.45) is 0 Å². The Morgan fingerprint density at radius 3 is 2.61 bits per heavy atom. The molecule has 3 nitrogen and oxygen atoms in total. The second-order valence-corrected chi connectivity index (χ2v) is 8.29. The van der Waals surface area contributed by atoms with Gasteiger partial charge in [0.15, 0.2) is 0 Å². The summed E-state index contributed by atoms with van der Waals surface area (Å²) < 4.78 is 6.43. The van der Waals surface area contributed by atoms with E-state index in [1.165, 1.54) is 17.3 Å². The van der Waals surface area contributed by atoms with Gasteiger partial charge in [-0.15, -0.1) is 0 Å². The molecule has 120 valence electrons. The van der Waals surface area contributed by atoms with Gasteiger partial charge in [0.2, 0.25) is 0 Å². The van der Waals surface area contributed by atoms with E-state index in [0.717, 1.165) is 15.5 Å². The highest BCUT2D eigenvalue weighted by Gasteiger charge is 2.38. The summed E-state index contributed by atoms with van der Waals surface area (Å²) in [5, 5.41) is 5.26. The molecule has 2 aromatic carbocycles. The Labute approximate surface area is 146 Å². The van der Waals surface area contributed by atoms with Crippen LogP contribution < -0.4 is 5.32 Å². The molecule has 0 aliphatic carbocycles. The normalized spacial score (nSPS) is 17.3. The lowest BCUT2D eigenvalue weighted by molar-refractivity contribution is 0.0636. The molecule has 2 aromatic rings. The number of carbonyl (C=O) groups is 1. The molecule has 1 aliphatic heterocycles. The average Bonchev–Trinajstić information content (AvgIpc) is 3.13. The SMILES string of the molecule is CB1CC1c1cc(NC(=O)OC(C)(C)C)cc2ccc(Br)cc12. The Morgan fingerprint density at radius 2 is 2.00 bits per heavy atom. The third kappa shape index (κ3) is 3.89. The smallest absolute Gasteiger partial charge is 0.412 e. The molecule has 3 rings (SSSR count). The maximum atomic E-state index is 12.0. The molecule has 1 unspecified atom stereocenters. The lowest BCUT2D eigenvalue weighted by atomic mass is 9.69. The van der Waals surface area contributed by atoms with Crippen LogP contribution in [0.25, 0.3) is 10.8 Å². The number of anilines is 1. The van der Waals surface area contributed by atoms with Crippen molar-refractivity contribution in [3.05, 3.63) is 40.4 Å². The summed E-state index contributed by atoms with van der Waals surface area (Å²) in [5.74, 6) is 0.576. The maximum absolute atomic E-state index is 12.0. The van der Waals surface area contributed by atoms with Crippen molar-refractivity contribution in [2.75, 3.05) is 5.32 Å². The summed E-state index contributed by atoms with van der Waals surface area (Å²) in [6, 6.07) is 10.4. The molecular formula is C18H21BBrNO2. The molecule has 1 fully saturated rings. The first-order chi connectivity index (χ1) is 10.7. The van der Waals surface area contributed by atoms with Crippen LogP contribution in [0.2, 0.25) is 13.1 Å². The zero-order chi connectivity index (χ0) is 16.8. The van der Waals surface area contributed by atoms with Crippen LogP contribution in [0.3, 0.4) is 0 Å². The third-order valence-electron chi connectivity index (χ3n) is 4.10. The number of hydrogen-bond acceptors (Lipinski definition) is 2. The Bertz CT molecular complexity index is 769. The molecule has 1 amide bonds. The van der Waals surface area contributed by atoms with Gasteiger partial charge in [0, 0.05) is 10.2 Å². The fourth-order valence-electron chi connectivity index (χ4n) is 2.91. The van der Waals surface area contributed by atoms with E-state index in [1.54, 1.807) is 0 Å². The van der Waals surface area contributed by atoms with E-state index in [1.807, 2.05) is 32.9 Å². The molecule has 1 aliphatic rings. The van der Waals surface area contributed by atoms with Crippen LogP contribution in [-0.2, 0) is 4.74 Å². The number of nitrogens with one attached hydrogen (secondary N) is 1. The lowest BCUT2D eigenvalue weighted by Gasteiger charge is -2.20. The Kier molecular flexibility index (Phi) is 4.17. The minimum absolute atomic E-state index is 0.413. The van der Waals surface area contributed by atoms with E-state index in [2.05, 4.69) is 46.3 Å². The number of benzene rings is 2. The number of fused-ring (bicyclic) bond motifs is 1. The fraction of sp³-hybridized carbons (Fsp3) is 0.389. The summed E-state index contributed by atoms with van der Waals surface area (Å²) in [6.07, 6.45) is 0.793. The van der Waals surface area contributed by atoms with Crippen LogP contribution in [0.5, 0.6) is 0 Å². The van der Waals surface area contributed by atoms with Crippen LogP contribution in [0.15, 0.2) is 34.8 Å². The number of halogens is 1. The Morgan fingerprint density at radius 1 is 1.30 bits per heavy atom. The van der Waals surface area contributed by atoms with Gasteiger partial charge in [-0.25, -0.2) is 4.79 Å². The second-order valence-electron chi connectivity index (χ2n) is 7.38. The molecule has 0 radical (unpaired) electrons. The van der Waals surface area contributed by atoms with Crippen molar-refractivity contribution in [1.29, 1.82) is 0 Å². The van der Waals surface area contributed by atoms with Gasteiger partial charge >= 0.3 is 6.09 Å². The first-order valence-corrected chi connectivity index (χ1v) is 8.75. The van der Waals surface area contributed by atoms with Crippen molar-refractivity contribution in [3.63, 3.8) is 0 Å². The Hall–Kier alpha value is -1.49. The predicted octanol–water partition coefficient (Wildman–Crippen LogP) is 5.71. The molecule has 5 heteroatoms. The van der Waals surface area contributed by atoms with Crippen LogP contribution in [0.4, 0.5) is 10.5 Å². The van der Waals surface area contributed by atoms with Crippen LogP contribution in [0.1, 0.15) is 32.2 Å². The van der Waals surface area contributed by atoms with Crippen molar-refractivity contribution in [2.45, 2.75) is 45.3 Å². The number of amides is 1. The maximum Gasteiger partial charge on any atom is 0.412 e. The highest BCUT2D eigenvalue weighted by molar-refractivity contribution is 9.10. The second kappa shape index (κ2) is 5.86. The van der Waals surface area contributed by atoms with Crippen molar-refractivity contribution in [1.82, 2.24) is 0 Å². The molecule has 1 saturated heterocycles. The fourth-order valence-corrected chi connectivity index (χ4v) is 3.28. The van der Waals surface area contributed by atoms with Crippen molar-refractivity contribution < 1.29 is 9.53 Å². The number of ether oxygens (including phenoxy) is 1. The molecule has 1 heterocycles. The molecule has 1 N–H and O–H groups in total. The molecule has 0 aromatic heterocycles. The minimum atomic E-state index is -0.500. The zero-order valence-electron chi connectivity index (χ0n) is 13.9. The molecule has 0 bridgehead atoms. The molecule has 0 spiro atoms. The summed E-state index contributed by atoms with van der Waals surface area (Å²) in [5.41, 5.74) is 1.60. The molecule has 0 saturated carbocycles. The first-order valence-electron chi connectivity index (χ1n) is 7.96. The van der Waals surface area contributed by atoms with E-state index in [-0.39, 0.29) is 0 Å². The number of carbonyl (C=O) groups excluding carboxylic acids is 1. The molecule has 23 heavy (non-hydrogen) atoms. The lowest BCUT2D eigenvalue weighted by Crippen LogP contribution is -2.27. The number of rotatable bonds is 2. The number of hydrogen-bond donors (Lipinski definition) is 1. The molecular weight excluding hydrogens is 353 g/mol. The quantitative estimate of drug-likeness (QED) is 0.684. The standard InChI is InChI=1S/C18H21BBrNO2/c1-18(2,3)23-17(22)21-13-7-11-5-6-12(20)8-14(11)15(9-13)16-10-19(16)4/h5-9,16H,10H2,1-4H3,(H,21,22).